The summed E-state index contributed by atoms with van der Waals surface area (Å²) in [5.41, 5.74) is 4.23. The number of unbranched alkanes of at least 4 members (excludes halogenated alkanes) is 1. The van der Waals surface area contributed by atoms with Gasteiger partial charge in [0.25, 0.3) is 0 Å². The number of sulfonamides is 1. The monoisotopic (exact) mass is 417 g/mol. The number of esters is 1. The topological polar surface area (TPSA) is 63.7 Å². The summed E-state index contributed by atoms with van der Waals surface area (Å²) in [6.45, 7) is 4.59. The zero-order valence-corrected chi connectivity index (χ0v) is 18.4. The van der Waals surface area contributed by atoms with Gasteiger partial charge in [0.2, 0.25) is 10.0 Å². The molecule has 0 saturated carbocycles. The molecule has 0 N–H and O–H groups in total. The van der Waals surface area contributed by atoms with Crippen molar-refractivity contribution in [1.29, 1.82) is 0 Å². The Kier molecular flexibility index (Phi) is 8.86. The van der Waals surface area contributed by atoms with E-state index in [0.29, 0.717) is 19.5 Å². The van der Waals surface area contributed by atoms with E-state index in [2.05, 4.69) is 19.1 Å². The summed E-state index contributed by atoms with van der Waals surface area (Å²) in [6.07, 6.45) is 5.25. The highest BCUT2D eigenvalue weighted by Gasteiger charge is 2.17. The number of carbonyl (C=O) groups excluding carboxylic acids is 1. The first kappa shape index (κ1) is 23.1. The van der Waals surface area contributed by atoms with Crippen LogP contribution in [0.2, 0.25) is 0 Å². The second-order valence-corrected chi connectivity index (χ2v) is 9.35. The quantitative estimate of drug-likeness (QED) is 0.517. The van der Waals surface area contributed by atoms with Crippen molar-refractivity contribution in [2.75, 3.05) is 12.8 Å². The van der Waals surface area contributed by atoms with Crippen molar-refractivity contribution in [2.24, 2.45) is 0 Å². The third-order valence-corrected chi connectivity index (χ3v) is 6.03. The lowest BCUT2D eigenvalue weighted by Gasteiger charge is -2.20. The lowest BCUT2D eigenvalue weighted by molar-refractivity contribution is -0.142. The number of rotatable bonds is 11. The fraction of sp³-hybridized carbons (Fsp3) is 0.435. The largest absolute Gasteiger partial charge is 0.461 e. The molecule has 0 fully saturated rings. The number of carbonyl (C=O) groups is 1. The van der Waals surface area contributed by atoms with Crippen LogP contribution < -0.4 is 0 Å². The molecule has 0 aromatic heterocycles. The Hall–Kier alpha value is -2.18. The Labute approximate surface area is 174 Å². The van der Waals surface area contributed by atoms with Crippen LogP contribution >= 0.6 is 0 Å². The first-order chi connectivity index (χ1) is 13.8. The van der Waals surface area contributed by atoms with Crippen LogP contribution in [0.5, 0.6) is 0 Å². The summed E-state index contributed by atoms with van der Waals surface area (Å²) in [4.78, 5) is 10.9. The molecule has 6 heteroatoms. The molecule has 0 heterocycles. The van der Waals surface area contributed by atoms with E-state index in [1.165, 1.54) is 23.0 Å². The van der Waals surface area contributed by atoms with Gasteiger partial charge in [0.15, 0.2) is 0 Å². The molecule has 5 nitrogen and oxygen atoms in total. The van der Waals surface area contributed by atoms with Crippen LogP contribution in [0.3, 0.4) is 0 Å². The number of hydrogen-bond acceptors (Lipinski definition) is 4. The predicted molar refractivity (Wildman–Crippen MR) is 116 cm³/mol. The van der Waals surface area contributed by atoms with Crippen LogP contribution in [0.25, 0.3) is 0 Å². The number of benzene rings is 2. The normalized spacial score (nSPS) is 11.6. The van der Waals surface area contributed by atoms with Crippen LogP contribution in [0.1, 0.15) is 48.9 Å². The molecule has 0 saturated heterocycles. The minimum Gasteiger partial charge on any atom is -0.461 e. The lowest BCUT2D eigenvalue weighted by Crippen LogP contribution is -2.31. The van der Waals surface area contributed by atoms with Gasteiger partial charge >= 0.3 is 5.97 Å². The van der Waals surface area contributed by atoms with E-state index in [1.807, 2.05) is 36.4 Å². The third-order valence-electron chi connectivity index (χ3n) is 4.78. The molecule has 0 aliphatic heterocycles. The molecule has 0 amide bonds. The second kappa shape index (κ2) is 11.1. The van der Waals surface area contributed by atoms with Crippen molar-refractivity contribution in [3.8, 4) is 0 Å². The SMILES string of the molecule is CCCCc1ccc(CN(CCc2ccc(COC(C)=O)cc2)S(C)(=O)=O)cc1. The van der Waals surface area contributed by atoms with Gasteiger partial charge < -0.3 is 4.74 Å². The molecule has 0 aliphatic carbocycles. The van der Waals surface area contributed by atoms with E-state index in [1.54, 1.807) is 0 Å². The van der Waals surface area contributed by atoms with E-state index in [9.17, 15) is 13.2 Å². The van der Waals surface area contributed by atoms with Gasteiger partial charge in [0.1, 0.15) is 6.61 Å². The van der Waals surface area contributed by atoms with Crippen molar-refractivity contribution < 1.29 is 17.9 Å². The van der Waals surface area contributed by atoms with E-state index >= 15 is 0 Å². The minimum absolute atomic E-state index is 0.249. The Morgan fingerprint density at radius 3 is 1.93 bits per heavy atom. The average molecular weight is 418 g/mol. The van der Waals surface area contributed by atoms with Gasteiger partial charge in [0.05, 0.1) is 6.26 Å². The molecule has 0 atom stereocenters. The van der Waals surface area contributed by atoms with E-state index < -0.39 is 10.0 Å². The van der Waals surface area contributed by atoms with Gasteiger partial charge in [-0.25, -0.2) is 8.42 Å². The van der Waals surface area contributed by atoms with Crippen molar-refractivity contribution in [1.82, 2.24) is 4.31 Å². The molecule has 0 unspecified atom stereocenters. The van der Waals surface area contributed by atoms with Crippen LogP contribution in [0.15, 0.2) is 48.5 Å². The summed E-state index contributed by atoms with van der Waals surface area (Å²) < 4.78 is 31.0. The molecule has 2 aromatic rings. The maximum atomic E-state index is 12.2. The molecule has 2 aromatic carbocycles. The zero-order chi connectivity index (χ0) is 21.3. The van der Waals surface area contributed by atoms with Gasteiger partial charge in [-0.2, -0.15) is 4.31 Å². The van der Waals surface area contributed by atoms with E-state index in [4.69, 9.17) is 4.74 Å². The maximum Gasteiger partial charge on any atom is 0.302 e. The third kappa shape index (κ3) is 8.38. The van der Waals surface area contributed by atoms with Gasteiger partial charge in [-0.1, -0.05) is 61.9 Å². The number of hydrogen-bond donors (Lipinski definition) is 0. The van der Waals surface area contributed by atoms with Crippen molar-refractivity contribution in [2.45, 2.75) is 52.7 Å². The predicted octanol–water partition coefficient (Wildman–Crippen LogP) is 4.10. The molecular weight excluding hydrogens is 386 g/mol. The fourth-order valence-electron chi connectivity index (χ4n) is 3.00. The average Bonchev–Trinajstić information content (AvgIpc) is 2.68. The van der Waals surface area contributed by atoms with Crippen molar-refractivity contribution in [3.05, 3.63) is 70.8 Å². The molecular formula is C23H31NO4S. The first-order valence-corrected chi connectivity index (χ1v) is 11.9. The second-order valence-electron chi connectivity index (χ2n) is 7.36. The van der Waals surface area contributed by atoms with Gasteiger partial charge in [-0.05, 0) is 41.5 Å². The molecule has 0 aliphatic rings. The number of aryl methyl sites for hydroxylation is 1. The smallest absolute Gasteiger partial charge is 0.302 e. The lowest BCUT2D eigenvalue weighted by atomic mass is 10.1. The Morgan fingerprint density at radius 2 is 1.41 bits per heavy atom. The number of nitrogens with zero attached hydrogens (tertiary/aromatic N) is 1. The molecule has 29 heavy (non-hydrogen) atoms. The van der Waals surface area contributed by atoms with Crippen molar-refractivity contribution in [3.63, 3.8) is 0 Å². The first-order valence-electron chi connectivity index (χ1n) is 10.0. The highest BCUT2D eigenvalue weighted by Crippen LogP contribution is 2.14. The molecule has 2 rings (SSSR count). The molecule has 0 spiro atoms. The maximum absolute atomic E-state index is 12.2. The van der Waals surface area contributed by atoms with Gasteiger partial charge in [-0.3, -0.25) is 4.79 Å². The van der Waals surface area contributed by atoms with Gasteiger partial charge in [0, 0.05) is 20.0 Å². The van der Waals surface area contributed by atoms with Crippen molar-refractivity contribution >= 4 is 16.0 Å². The summed E-state index contributed by atoms with van der Waals surface area (Å²) in [6, 6.07) is 15.9. The van der Waals surface area contributed by atoms with Crippen LogP contribution in [-0.4, -0.2) is 31.5 Å². The summed E-state index contributed by atoms with van der Waals surface area (Å²) in [5.74, 6) is -0.309. The van der Waals surface area contributed by atoms with Crippen LogP contribution in [-0.2, 0) is 45.5 Å². The summed E-state index contributed by atoms with van der Waals surface area (Å²) in [5, 5.41) is 0. The number of ether oxygens (including phenoxy) is 1. The van der Waals surface area contributed by atoms with Crippen LogP contribution in [0, 0.1) is 0 Å². The van der Waals surface area contributed by atoms with E-state index in [-0.39, 0.29) is 12.6 Å². The zero-order valence-electron chi connectivity index (χ0n) is 17.6. The Morgan fingerprint density at radius 1 is 0.897 bits per heavy atom. The Bertz CT molecular complexity index is 874. The summed E-state index contributed by atoms with van der Waals surface area (Å²) >= 11 is 0. The molecule has 0 bridgehead atoms. The minimum atomic E-state index is -3.31. The molecule has 158 valence electrons. The van der Waals surface area contributed by atoms with Crippen LogP contribution in [0.4, 0.5) is 0 Å². The Balaban J connectivity index is 1.96. The van der Waals surface area contributed by atoms with E-state index in [0.717, 1.165) is 36.0 Å². The summed E-state index contributed by atoms with van der Waals surface area (Å²) in [7, 11) is -3.31. The highest BCUT2D eigenvalue weighted by atomic mass is 32.2. The van der Waals surface area contributed by atoms with Gasteiger partial charge in [-0.15, -0.1) is 0 Å². The fourth-order valence-corrected chi connectivity index (χ4v) is 3.81. The molecule has 0 radical (unpaired) electrons. The highest BCUT2D eigenvalue weighted by molar-refractivity contribution is 7.88. The standard InChI is InChI=1S/C23H31NO4S/c1-4-5-6-20-7-11-22(12-8-20)17-24(29(3,26)27)16-15-21-9-13-23(14-10-21)18-28-19(2)25/h7-14H,4-6,15-18H2,1-3H3.